The lowest BCUT2D eigenvalue weighted by Crippen LogP contribution is -2.45. The topological polar surface area (TPSA) is 55.8 Å². The number of nitrogens with zero attached hydrogens (tertiary/aromatic N) is 1. The van der Waals surface area contributed by atoms with Crippen LogP contribution in [0.5, 0.6) is 0 Å². The molecule has 48 heavy (non-hydrogen) atoms. The van der Waals surface area contributed by atoms with E-state index in [-0.39, 0.29) is 11.9 Å². The van der Waals surface area contributed by atoms with E-state index in [1.165, 1.54) is 64.2 Å². The van der Waals surface area contributed by atoms with Crippen molar-refractivity contribution in [3.8, 4) is 0 Å². The number of rotatable bonds is 32. The standard InChI is InChI=1S/C43H75NO4/c1-4-7-9-11-13-15-17-19-21-22-24-26-28-30-32-36-41(45)48-43(6-3,42(46)47-40-44-38-34-35-39-44)37-33-31-29-27-25-23-20-18-16-14-12-10-8-5-2/h13-16,19-21,23H,4-12,17-18,22,24-40H2,1-3H3/b15-13+,16-14-,21-19+,23-20-. The van der Waals surface area contributed by atoms with Crippen LogP contribution in [-0.4, -0.2) is 42.3 Å². The molecule has 0 aromatic heterocycles. The molecule has 0 spiro atoms. The lowest BCUT2D eigenvalue weighted by atomic mass is 9.92. The smallest absolute Gasteiger partial charge is 0.351 e. The van der Waals surface area contributed by atoms with Crippen LogP contribution in [0.1, 0.15) is 188 Å². The van der Waals surface area contributed by atoms with E-state index in [2.05, 4.69) is 67.4 Å². The Morgan fingerprint density at radius 1 is 0.583 bits per heavy atom. The Bertz CT molecular complexity index is 885. The molecule has 0 aromatic rings. The summed E-state index contributed by atoms with van der Waals surface area (Å²) in [5, 5.41) is 0. The van der Waals surface area contributed by atoms with Crippen LogP contribution in [-0.2, 0) is 19.1 Å². The molecule has 1 fully saturated rings. The van der Waals surface area contributed by atoms with Gasteiger partial charge in [0.2, 0.25) is 5.60 Å². The summed E-state index contributed by atoms with van der Waals surface area (Å²) in [5.41, 5.74) is -1.17. The number of ether oxygens (including phenoxy) is 2. The summed E-state index contributed by atoms with van der Waals surface area (Å²) in [5.74, 6) is -0.624. The molecular weight excluding hydrogens is 594 g/mol. The van der Waals surface area contributed by atoms with E-state index in [0.29, 0.717) is 26.0 Å². The molecule has 1 saturated heterocycles. The van der Waals surface area contributed by atoms with E-state index < -0.39 is 5.60 Å². The van der Waals surface area contributed by atoms with Crippen molar-refractivity contribution in [3.63, 3.8) is 0 Å². The first kappa shape index (κ1) is 43.9. The lowest BCUT2D eigenvalue weighted by molar-refractivity contribution is -0.187. The highest BCUT2D eigenvalue weighted by atomic mass is 16.6. The Labute approximate surface area is 297 Å². The minimum absolute atomic E-state index is 0.259. The van der Waals surface area contributed by atoms with Gasteiger partial charge in [0, 0.05) is 19.5 Å². The van der Waals surface area contributed by atoms with Crippen LogP contribution < -0.4 is 0 Å². The molecule has 0 N–H and O–H groups in total. The van der Waals surface area contributed by atoms with Crippen molar-refractivity contribution < 1.29 is 19.1 Å². The molecule has 1 unspecified atom stereocenters. The van der Waals surface area contributed by atoms with Gasteiger partial charge in [-0.05, 0) is 103 Å². The summed E-state index contributed by atoms with van der Waals surface area (Å²) in [6.45, 7) is 8.65. The molecule has 1 rings (SSSR count). The molecule has 5 heteroatoms. The van der Waals surface area contributed by atoms with Gasteiger partial charge in [0.15, 0.2) is 0 Å². The fourth-order valence-corrected chi connectivity index (χ4v) is 6.18. The molecule has 0 aromatic carbocycles. The van der Waals surface area contributed by atoms with Gasteiger partial charge in [-0.3, -0.25) is 9.69 Å². The number of carbonyl (C=O) groups excluding carboxylic acids is 2. The van der Waals surface area contributed by atoms with Gasteiger partial charge in [-0.2, -0.15) is 0 Å². The molecule has 1 heterocycles. The molecule has 0 bridgehead atoms. The maximum absolute atomic E-state index is 13.4. The van der Waals surface area contributed by atoms with E-state index in [1.807, 2.05) is 6.92 Å². The van der Waals surface area contributed by atoms with Crippen molar-refractivity contribution in [3.05, 3.63) is 48.6 Å². The zero-order chi connectivity index (χ0) is 34.8. The summed E-state index contributed by atoms with van der Waals surface area (Å²) in [7, 11) is 0. The Morgan fingerprint density at radius 2 is 1.04 bits per heavy atom. The summed E-state index contributed by atoms with van der Waals surface area (Å²) in [4.78, 5) is 28.6. The third-order valence-corrected chi connectivity index (χ3v) is 9.44. The average Bonchev–Trinajstić information content (AvgIpc) is 3.62. The van der Waals surface area contributed by atoms with Crippen molar-refractivity contribution in [2.24, 2.45) is 0 Å². The van der Waals surface area contributed by atoms with Gasteiger partial charge < -0.3 is 9.47 Å². The van der Waals surface area contributed by atoms with Crippen LogP contribution in [0.25, 0.3) is 0 Å². The number of likely N-dealkylation sites (tertiary alicyclic amines) is 1. The van der Waals surface area contributed by atoms with Gasteiger partial charge in [-0.25, -0.2) is 4.79 Å². The van der Waals surface area contributed by atoms with E-state index >= 15 is 0 Å². The third kappa shape index (κ3) is 24.1. The second-order valence-electron chi connectivity index (χ2n) is 13.8. The molecule has 0 radical (unpaired) electrons. The minimum Gasteiger partial charge on any atom is -0.447 e. The first-order valence-electron chi connectivity index (χ1n) is 20.3. The normalized spacial score (nSPS) is 15.4. The highest BCUT2D eigenvalue weighted by Gasteiger charge is 2.42. The minimum atomic E-state index is -1.17. The summed E-state index contributed by atoms with van der Waals surface area (Å²) < 4.78 is 11.8. The third-order valence-electron chi connectivity index (χ3n) is 9.44. The quantitative estimate of drug-likeness (QED) is 0.0405. The zero-order valence-electron chi connectivity index (χ0n) is 31.7. The molecule has 5 nitrogen and oxygen atoms in total. The first-order chi connectivity index (χ1) is 23.6. The van der Waals surface area contributed by atoms with Crippen LogP contribution >= 0.6 is 0 Å². The van der Waals surface area contributed by atoms with E-state index in [0.717, 1.165) is 96.6 Å². The lowest BCUT2D eigenvalue weighted by Gasteiger charge is -2.31. The number of carbonyl (C=O) groups is 2. The first-order valence-corrected chi connectivity index (χ1v) is 20.3. The van der Waals surface area contributed by atoms with Crippen molar-refractivity contribution in [1.29, 1.82) is 0 Å². The molecular formula is C43H75NO4. The SMILES string of the molecule is CCCCC/C=C\C/C=C\CCCCCCC(CC)(OC(=O)CCCCCCC/C=C/C/C=C/CCCCC)C(=O)OCN1CCCC1. The Hall–Kier alpha value is -2.14. The van der Waals surface area contributed by atoms with Gasteiger partial charge in [-0.1, -0.05) is 127 Å². The van der Waals surface area contributed by atoms with Gasteiger partial charge in [0.25, 0.3) is 0 Å². The second kappa shape index (κ2) is 32.1. The van der Waals surface area contributed by atoms with Gasteiger partial charge in [0.1, 0.15) is 6.73 Å². The van der Waals surface area contributed by atoms with Crippen molar-refractivity contribution in [1.82, 2.24) is 4.90 Å². The van der Waals surface area contributed by atoms with E-state index in [1.54, 1.807) is 0 Å². The molecule has 1 atom stereocenters. The highest BCUT2D eigenvalue weighted by Crippen LogP contribution is 2.28. The second-order valence-corrected chi connectivity index (χ2v) is 13.8. The Balaban J connectivity index is 2.36. The monoisotopic (exact) mass is 670 g/mol. The van der Waals surface area contributed by atoms with E-state index in [9.17, 15) is 9.59 Å². The predicted octanol–water partition coefficient (Wildman–Crippen LogP) is 12.5. The molecule has 276 valence electrons. The van der Waals surface area contributed by atoms with Gasteiger partial charge in [0.05, 0.1) is 0 Å². The van der Waals surface area contributed by atoms with E-state index in [4.69, 9.17) is 9.47 Å². The van der Waals surface area contributed by atoms with Crippen LogP contribution in [0.4, 0.5) is 0 Å². The van der Waals surface area contributed by atoms with Crippen LogP contribution in [0, 0.1) is 0 Å². The number of hydrogen-bond donors (Lipinski definition) is 0. The number of esters is 2. The van der Waals surface area contributed by atoms with Gasteiger partial charge in [-0.15, -0.1) is 0 Å². The van der Waals surface area contributed by atoms with Crippen LogP contribution in [0.3, 0.4) is 0 Å². The summed E-state index contributed by atoms with van der Waals surface area (Å²) >= 11 is 0. The fraction of sp³-hybridized carbons (Fsp3) is 0.767. The van der Waals surface area contributed by atoms with Crippen LogP contribution in [0.15, 0.2) is 48.6 Å². The summed E-state index contributed by atoms with van der Waals surface area (Å²) in [6.07, 6.45) is 45.8. The van der Waals surface area contributed by atoms with Crippen molar-refractivity contribution in [2.45, 2.75) is 193 Å². The zero-order valence-corrected chi connectivity index (χ0v) is 31.7. The molecule has 0 saturated carbocycles. The molecule has 0 amide bonds. The molecule has 1 aliphatic heterocycles. The predicted molar refractivity (Wildman–Crippen MR) is 205 cm³/mol. The average molecular weight is 670 g/mol. The van der Waals surface area contributed by atoms with Gasteiger partial charge >= 0.3 is 11.9 Å². The Kier molecular flexibility index (Phi) is 29.3. The number of allylic oxidation sites excluding steroid dienone is 8. The summed E-state index contributed by atoms with van der Waals surface area (Å²) in [6, 6.07) is 0. The number of unbranched alkanes of at least 4 members (excludes halogenated alkanes) is 15. The largest absolute Gasteiger partial charge is 0.447 e. The maximum atomic E-state index is 13.4. The molecule has 0 aliphatic carbocycles. The van der Waals surface area contributed by atoms with Crippen molar-refractivity contribution >= 4 is 11.9 Å². The Morgan fingerprint density at radius 3 is 1.54 bits per heavy atom. The molecule has 1 aliphatic rings. The fourth-order valence-electron chi connectivity index (χ4n) is 6.18. The van der Waals surface area contributed by atoms with Crippen molar-refractivity contribution in [2.75, 3.05) is 19.8 Å². The van der Waals surface area contributed by atoms with Crippen LogP contribution in [0.2, 0.25) is 0 Å². The highest BCUT2D eigenvalue weighted by molar-refractivity contribution is 5.83. The maximum Gasteiger partial charge on any atom is 0.351 e. The number of hydrogen-bond acceptors (Lipinski definition) is 5.